The summed E-state index contributed by atoms with van der Waals surface area (Å²) in [5.74, 6) is -0.748. The Balaban J connectivity index is 1.33. The molecule has 0 amide bonds. The number of carboxylic acid groups (broad SMARTS) is 1. The van der Waals surface area contributed by atoms with Crippen molar-refractivity contribution >= 4 is 11.7 Å². The number of hydrogen-bond donors (Lipinski definition) is 2. The number of pyridine rings is 2. The monoisotopic (exact) mass is 535 g/mol. The summed E-state index contributed by atoms with van der Waals surface area (Å²) >= 11 is 0. The number of piperidine rings is 1. The van der Waals surface area contributed by atoms with E-state index in [2.05, 4.69) is 67.5 Å². The predicted octanol–water partition coefficient (Wildman–Crippen LogP) is 5.14. The number of rotatable bonds is 12. The fraction of sp³-hybridized carbons (Fsp3) is 0.303. The van der Waals surface area contributed by atoms with Crippen LogP contribution in [0.5, 0.6) is 0 Å². The molecule has 3 heterocycles. The zero-order valence-electron chi connectivity index (χ0n) is 22.8. The van der Waals surface area contributed by atoms with Crippen LogP contribution < -0.4 is 10.2 Å². The molecular weight excluding hydrogens is 498 g/mol. The maximum Gasteiger partial charge on any atom is 0.303 e. The second-order valence-electron chi connectivity index (χ2n) is 10.5. The summed E-state index contributed by atoms with van der Waals surface area (Å²) < 4.78 is 0. The minimum Gasteiger partial charge on any atom is -0.481 e. The highest BCUT2D eigenvalue weighted by Gasteiger charge is 2.35. The summed E-state index contributed by atoms with van der Waals surface area (Å²) in [5.41, 5.74) is 5.60. The van der Waals surface area contributed by atoms with Crippen molar-refractivity contribution in [1.29, 1.82) is 0 Å². The van der Waals surface area contributed by atoms with Gasteiger partial charge in [-0.1, -0.05) is 54.6 Å². The van der Waals surface area contributed by atoms with Gasteiger partial charge in [0.05, 0.1) is 17.8 Å². The molecular formula is C33H37N5O2. The molecule has 0 saturated carbocycles. The normalized spacial score (nSPS) is 17.2. The minimum absolute atomic E-state index is 0.00149. The number of aliphatic carboxylic acids is 1. The second kappa shape index (κ2) is 13.8. The van der Waals surface area contributed by atoms with Gasteiger partial charge >= 0.3 is 5.97 Å². The van der Waals surface area contributed by atoms with E-state index in [9.17, 15) is 9.90 Å². The van der Waals surface area contributed by atoms with Crippen molar-refractivity contribution in [3.63, 3.8) is 0 Å². The summed E-state index contributed by atoms with van der Waals surface area (Å²) in [6.07, 6.45) is 4.68. The smallest absolute Gasteiger partial charge is 0.303 e. The van der Waals surface area contributed by atoms with Crippen LogP contribution in [-0.2, 0) is 31.0 Å². The van der Waals surface area contributed by atoms with Gasteiger partial charge < -0.3 is 15.3 Å². The molecule has 1 saturated heterocycles. The van der Waals surface area contributed by atoms with Crippen LogP contribution in [0.2, 0.25) is 0 Å². The molecule has 0 bridgehead atoms. The Morgan fingerprint density at radius 1 is 0.850 bits per heavy atom. The van der Waals surface area contributed by atoms with Crippen molar-refractivity contribution in [2.75, 3.05) is 18.0 Å². The SMILES string of the molecule is O=C(O)CC1CN(c2ccccc2)CCC1N(Cc1cccc(CNCc2ccccn2)c1)Cc1ccccn1. The van der Waals surface area contributed by atoms with E-state index in [-0.39, 0.29) is 18.4 Å². The van der Waals surface area contributed by atoms with Crippen molar-refractivity contribution in [2.45, 2.75) is 45.1 Å². The highest BCUT2D eigenvalue weighted by molar-refractivity contribution is 5.67. The number of hydrogen-bond acceptors (Lipinski definition) is 6. The first-order valence-electron chi connectivity index (χ1n) is 14.0. The molecule has 5 rings (SSSR count). The molecule has 2 aromatic carbocycles. The first kappa shape index (κ1) is 27.5. The number of carbonyl (C=O) groups is 1. The van der Waals surface area contributed by atoms with Gasteiger partial charge in [0, 0.05) is 69.3 Å². The van der Waals surface area contributed by atoms with E-state index in [1.165, 1.54) is 11.1 Å². The molecule has 40 heavy (non-hydrogen) atoms. The standard InChI is InChI=1S/C33H37N5O2/c39-33(40)20-28-24-37(31-13-2-1-3-14-31)18-15-32(28)38(25-30-12-5-7-17-36-30)23-27-10-8-9-26(19-27)21-34-22-29-11-4-6-16-35-29/h1-14,16-17,19,28,32,34H,15,18,20-25H2,(H,39,40). The number of para-hydroxylation sites is 1. The Bertz CT molecular complexity index is 1340. The van der Waals surface area contributed by atoms with Crippen molar-refractivity contribution in [3.05, 3.63) is 126 Å². The molecule has 2 aromatic heterocycles. The molecule has 206 valence electrons. The van der Waals surface area contributed by atoms with Crippen molar-refractivity contribution < 1.29 is 9.90 Å². The lowest BCUT2D eigenvalue weighted by atomic mass is 9.87. The first-order chi connectivity index (χ1) is 19.6. The molecule has 0 aliphatic carbocycles. The number of anilines is 1. The Kier molecular flexibility index (Phi) is 9.50. The van der Waals surface area contributed by atoms with Gasteiger partial charge in [0.1, 0.15) is 0 Å². The molecule has 1 fully saturated rings. The van der Waals surface area contributed by atoms with E-state index < -0.39 is 5.97 Å². The molecule has 0 radical (unpaired) electrons. The van der Waals surface area contributed by atoms with Gasteiger partial charge in [-0.2, -0.15) is 0 Å². The van der Waals surface area contributed by atoms with E-state index in [4.69, 9.17) is 0 Å². The fourth-order valence-corrected chi connectivity index (χ4v) is 5.70. The molecule has 2 N–H and O–H groups in total. The van der Waals surface area contributed by atoms with Gasteiger partial charge in [-0.15, -0.1) is 0 Å². The van der Waals surface area contributed by atoms with E-state index in [1.807, 2.05) is 60.9 Å². The minimum atomic E-state index is -0.747. The lowest BCUT2D eigenvalue weighted by molar-refractivity contribution is -0.138. The summed E-state index contributed by atoms with van der Waals surface area (Å²) in [7, 11) is 0. The van der Waals surface area contributed by atoms with E-state index in [0.29, 0.717) is 13.1 Å². The van der Waals surface area contributed by atoms with Crippen LogP contribution in [0.25, 0.3) is 0 Å². The maximum atomic E-state index is 12.0. The van der Waals surface area contributed by atoms with E-state index in [1.54, 1.807) is 0 Å². The Labute approximate surface area is 236 Å². The van der Waals surface area contributed by atoms with Gasteiger partial charge in [-0.25, -0.2) is 0 Å². The first-order valence-corrected chi connectivity index (χ1v) is 14.0. The Hall–Kier alpha value is -4.07. The Morgan fingerprint density at radius 2 is 1.57 bits per heavy atom. The average Bonchev–Trinajstić information content (AvgIpc) is 2.98. The van der Waals surface area contributed by atoms with Crippen LogP contribution >= 0.6 is 0 Å². The third-order valence-electron chi connectivity index (χ3n) is 7.55. The summed E-state index contributed by atoms with van der Waals surface area (Å²) in [5, 5.41) is 13.3. The molecule has 2 atom stereocenters. The predicted molar refractivity (Wildman–Crippen MR) is 158 cm³/mol. The quantitative estimate of drug-likeness (QED) is 0.260. The molecule has 0 spiro atoms. The third kappa shape index (κ3) is 7.74. The number of benzene rings is 2. The fourth-order valence-electron chi connectivity index (χ4n) is 5.70. The number of nitrogens with one attached hydrogen (secondary N) is 1. The third-order valence-corrected chi connectivity index (χ3v) is 7.55. The van der Waals surface area contributed by atoms with Crippen LogP contribution in [0.4, 0.5) is 5.69 Å². The summed E-state index contributed by atoms with van der Waals surface area (Å²) in [4.78, 5) is 25.8. The molecule has 1 aliphatic heterocycles. The number of carboxylic acids is 1. The van der Waals surface area contributed by atoms with Crippen molar-refractivity contribution in [2.24, 2.45) is 5.92 Å². The maximum absolute atomic E-state index is 12.0. The van der Waals surface area contributed by atoms with Gasteiger partial charge in [-0.3, -0.25) is 19.7 Å². The van der Waals surface area contributed by atoms with Crippen molar-refractivity contribution in [1.82, 2.24) is 20.2 Å². The van der Waals surface area contributed by atoms with Gasteiger partial charge in [-0.05, 0) is 53.9 Å². The van der Waals surface area contributed by atoms with Crippen molar-refractivity contribution in [3.8, 4) is 0 Å². The highest BCUT2D eigenvalue weighted by atomic mass is 16.4. The van der Waals surface area contributed by atoms with E-state index in [0.717, 1.165) is 49.7 Å². The number of aromatic nitrogens is 2. The van der Waals surface area contributed by atoms with Crippen LogP contribution in [0.1, 0.15) is 35.4 Å². The lowest BCUT2D eigenvalue weighted by Gasteiger charge is -2.44. The van der Waals surface area contributed by atoms with E-state index >= 15 is 0 Å². The molecule has 2 unspecified atom stereocenters. The average molecular weight is 536 g/mol. The van der Waals surface area contributed by atoms with Gasteiger partial charge in [0.2, 0.25) is 0 Å². The van der Waals surface area contributed by atoms with Crippen LogP contribution in [0, 0.1) is 5.92 Å². The number of nitrogens with zero attached hydrogens (tertiary/aromatic N) is 4. The largest absolute Gasteiger partial charge is 0.481 e. The Morgan fingerprint density at radius 3 is 2.30 bits per heavy atom. The van der Waals surface area contributed by atoms with Gasteiger partial charge in [0.25, 0.3) is 0 Å². The zero-order chi connectivity index (χ0) is 27.6. The molecule has 1 aliphatic rings. The zero-order valence-corrected chi connectivity index (χ0v) is 22.8. The topological polar surface area (TPSA) is 81.6 Å². The second-order valence-corrected chi connectivity index (χ2v) is 10.5. The molecule has 7 nitrogen and oxygen atoms in total. The lowest BCUT2D eigenvalue weighted by Crippen LogP contribution is -2.51. The molecule has 7 heteroatoms. The van der Waals surface area contributed by atoms with Crippen LogP contribution in [0.3, 0.4) is 0 Å². The van der Waals surface area contributed by atoms with Gasteiger partial charge in [0.15, 0.2) is 0 Å². The highest BCUT2D eigenvalue weighted by Crippen LogP contribution is 2.30. The summed E-state index contributed by atoms with van der Waals surface area (Å²) in [6.45, 7) is 4.49. The molecule has 4 aromatic rings. The van der Waals surface area contributed by atoms with Crippen LogP contribution in [-0.4, -0.2) is 45.1 Å². The summed E-state index contributed by atoms with van der Waals surface area (Å²) in [6, 6.07) is 31.1. The van der Waals surface area contributed by atoms with Crippen LogP contribution in [0.15, 0.2) is 103 Å².